The smallest absolute Gasteiger partial charge is 0.249 e. The number of nitrogen functional groups attached to an aromatic ring is 1. The van der Waals surface area contributed by atoms with Crippen molar-refractivity contribution in [2.45, 2.75) is 0 Å². The predicted octanol–water partition coefficient (Wildman–Crippen LogP) is 2.99. The Morgan fingerprint density at radius 2 is 1.74 bits per heavy atom. The molecule has 0 heterocycles. The average molecular weight is 330 g/mol. The summed E-state index contributed by atoms with van der Waals surface area (Å²) in [4.78, 5) is 23.1. The Bertz CT molecular complexity index is 958. The second-order valence-electron chi connectivity index (χ2n) is 4.87. The Balaban J connectivity index is 2.07. The minimum absolute atomic E-state index is 0.0622. The van der Waals surface area contributed by atoms with Gasteiger partial charge in [-0.05, 0) is 24.3 Å². The summed E-state index contributed by atoms with van der Waals surface area (Å²) in [5.41, 5.74) is 4.86. The van der Waals surface area contributed by atoms with Crippen molar-refractivity contribution in [1.29, 1.82) is 0 Å². The normalized spacial score (nSPS) is 10.7. The fourth-order valence-electron chi connectivity index (χ4n) is 2.26. The lowest BCUT2D eigenvalue weighted by atomic mass is 9.98. The van der Waals surface area contributed by atoms with Crippen LogP contribution in [0.4, 0.5) is 5.69 Å². The van der Waals surface area contributed by atoms with Crippen LogP contribution in [0, 0.1) is 0 Å². The topological polar surface area (TPSA) is 78.6 Å². The van der Waals surface area contributed by atoms with Crippen LogP contribution in [0.2, 0.25) is 5.02 Å². The van der Waals surface area contributed by atoms with E-state index in [1.807, 2.05) is 0 Å². The van der Waals surface area contributed by atoms with Crippen molar-refractivity contribution < 1.29 is 9.47 Å². The predicted molar refractivity (Wildman–Crippen MR) is 89.3 cm³/mol. The third kappa shape index (κ3) is 2.66. The number of anilines is 1. The van der Waals surface area contributed by atoms with Crippen LogP contribution in [0.5, 0.6) is 17.2 Å². The zero-order valence-corrected chi connectivity index (χ0v) is 12.9. The van der Waals surface area contributed by atoms with E-state index in [0.717, 1.165) is 0 Å². The van der Waals surface area contributed by atoms with E-state index >= 15 is 0 Å². The van der Waals surface area contributed by atoms with Gasteiger partial charge in [-0.25, -0.2) is 0 Å². The van der Waals surface area contributed by atoms with Gasteiger partial charge in [0, 0.05) is 22.7 Å². The molecular weight excluding hydrogens is 318 g/mol. The number of hydrogen-bond donors (Lipinski definition) is 1. The van der Waals surface area contributed by atoms with E-state index in [2.05, 4.69) is 0 Å². The lowest BCUT2D eigenvalue weighted by Gasteiger charge is -2.14. The number of nitrogens with two attached hydrogens (primary N) is 1. The number of rotatable bonds is 4. The molecule has 0 radical (unpaired) electrons. The summed E-state index contributed by atoms with van der Waals surface area (Å²) in [6.45, 7) is 0. The van der Waals surface area contributed by atoms with E-state index in [1.54, 1.807) is 49.6 Å². The molecule has 0 bridgehead atoms. The lowest BCUT2D eigenvalue weighted by Crippen LogP contribution is -2.35. The molecule has 0 aliphatic heterocycles. The fourth-order valence-corrected chi connectivity index (χ4v) is 2.42. The largest absolute Gasteiger partial charge is 0.497 e. The van der Waals surface area contributed by atoms with Crippen LogP contribution < -0.4 is 26.1 Å². The molecule has 3 aromatic carbocycles. The van der Waals surface area contributed by atoms with E-state index in [-0.39, 0.29) is 11.3 Å². The minimum Gasteiger partial charge on any atom is -0.497 e. The SMILES string of the molecule is COc1cccc(Oc2cc(Cl)ccc2-c2c(N)c(=O)c2=O)c1. The summed E-state index contributed by atoms with van der Waals surface area (Å²) in [6, 6.07) is 11.7. The maximum Gasteiger partial charge on any atom is 0.249 e. The molecule has 0 unspecified atom stereocenters. The van der Waals surface area contributed by atoms with Gasteiger partial charge in [-0.15, -0.1) is 0 Å². The standard InChI is InChI=1S/C17H12ClNO4/c1-22-10-3-2-4-11(8-10)23-13-7-9(18)5-6-12(13)14-15(19)17(21)16(14)20/h2-8H,19H2,1H3. The highest BCUT2D eigenvalue weighted by Gasteiger charge is 2.23. The van der Waals surface area contributed by atoms with Gasteiger partial charge in [0.1, 0.15) is 17.2 Å². The van der Waals surface area contributed by atoms with Crippen LogP contribution in [0.3, 0.4) is 0 Å². The molecule has 5 nitrogen and oxygen atoms in total. The maximum atomic E-state index is 11.8. The van der Waals surface area contributed by atoms with Crippen molar-refractivity contribution in [3.63, 3.8) is 0 Å². The molecule has 3 rings (SSSR count). The zero-order valence-electron chi connectivity index (χ0n) is 12.1. The first kappa shape index (κ1) is 15.1. The number of halogens is 1. The maximum absolute atomic E-state index is 11.8. The third-order valence-corrected chi connectivity index (χ3v) is 3.66. The quantitative estimate of drug-likeness (QED) is 0.744. The van der Waals surface area contributed by atoms with Crippen molar-refractivity contribution >= 4 is 17.3 Å². The van der Waals surface area contributed by atoms with Gasteiger partial charge in [0.05, 0.1) is 18.4 Å². The highest BCUT2D eigenvalue weighted by Crippen LogP contribution is 2.36. The van der Waals surface area contributed by atoms with Gasteiger partial charge in [0.15, 0.2) is 0 Å². The fraction of sp³-hybridized carbons (Fsp3) is 0.0588. The first-order valence-electron chi connectivity index (χ1n) is 6.72. The lowest BCUT2D eigenvalue weighted by molar-refractivity contribution is 0.409. The van der Waals surface area contributed by atoms with Crippen LogP contribution in [0.15, 0.2) is 52.1 Å². The number of hydrogen-bond acceptors (Lipinski definition) is 5. The van der Waals surface area contributed by atoms with Crippen LogP contribution in [-0.2, 0) is 0 Å². The zero-order chi connectivity index (χ0) is 16.6. The summed E-state index contributed by atoms with van der Waals surface area (Å²) in [6.07, 6.45) is 0. The summed E-state index contributed by atoms with van der Waals surface area (Å²) in [5.74, 6) is 1.47. The molecule has 0 aliphatic carbocycles. The average Bonchev–Trinajstić information content (AvgIpc) is 2.57. The first-order chi connectivity index (χ1) is 11.0. The van der Waals surface area contributed by atoms with E-state index < -0.39 is 10.9 Å². The van der Waals surface area contributed by atoms with Crippen molar-refractivity contribution in [3.05, 3.63) is 67.9 Å². The highest BCUT2D eigenvalue weighted by molar-refractivity contribution is 6.30. The Kier molecular flexibility index (Phi) is 3.80. The van der Waals surface area contributed by atoms with Gasteiger partial charge < -0.3 is 15.2 Å². The molecule has 0 aromatic heterocycles. The van der Waals surface area contributed by atoms with E-state index in [4.69, 9.17) is 26.8 Å². The van der Waals surface area contributed by atoms with Gasteiger partial charge >= 0.3 is 0 Å². The van der Waals surface area contributed by atoms with E-state index in [0.29, 0.717) is 27.8 Å². The van der Waals surface area contributed by atoms with E-state index in [9.17, 15) is 9.59 Å². The van der Waals surface area contributed by atoms with Crippen LogP contribution in [-0.4, -0.2) is 7.11 Å². The van der Waals surface area contributed by atoms with Crippen LogP contribution in [0.25, 0.3) is 11.1 Å². The van der Waals surface area contributed by atoms with Crippen molar-refractivity contribution in [2.75, 3.05) is 12.8 Å². The Labute approximate surface area is 136 Å². The molecular formula is C17H12ClNO4. The number of methoxy groups -OCH3 is 1. The third-order valence-electron chi connectivity index (χ3n) is 3.43. The Morgan fingerprint density at radius 3 is 2.43 bits per heavy atom. The molecule has 0 amide bonds. The second-order valence-corrected chi connectivity index (χ2v) is 5.30. The molecule has 0 aliphatic rings. The molecule has 3 aromatic rings. The monoisotopic (exact) mass is 329 g/mol. The molecule has 0 atom stereocenters. The van der Waals surface area contributed by atoms with Crippen molar-refractivity contribution in [1.82, 2.24) is 0 Å². The minimum atomic E-state index is -0.678. The summed E-state index contributed by atoms with van der Waals surface area (Å²) in [7, 11) is 1.55. The van der Waals surface area contributed by atoms with Crippen molar-refractivity contribution in [2.24, 2.45) is 0 Å². The first-order valence-corrected chi connectivity index (χ1v) is 7.09. The second kappa shape index (κ2) is 5.78. The highest BCUT2D eigenvalue weighted by atomic mass is 35.5. The van der Waals surface area contributed by atoms with Gasteiger partial charge in [0.25, 0.3) is 0 Å². The number of benzene rings is 2. The molecule has 0 saturated heterocycles. The molecule has 0 fully saturated rings. The summed E-state index contributed by atoms with van der Waals surface area (Å²) >= 11 is 6.01. The van der Waals surface area contributed by atoms with Gasteiger partial charge in [-0.1, -0.05) is 17.7 Å². The number of ether oxygens (including phenoxy) is 2. The molecule has 0 saturated carbocycles. The molecule has 6 heteroatoms. The van der Waals surface area contributed by atoms with Crippen LogP contribution >= 0.6 is 11.6 Å². The molecule has 23 heavy (non-hydrogen) atoms. The van der Waals surface area contributed by atoms with Crippen LogP contribution in [0.1, 0.15) is 0 Å². The summed E-state index contributed by atoms with van der Waals surface area (Å²) in [5, 5.41) is 0.434. The van der Waals surface area contributed by atoms with Gasteiger partial charge in [0.2, 0.25) is 10.9 Å². The van der Waals surface area contributed by atoms with E-state index in [1.165, 1.54) is 0 Å². The Hall–Kier alpha value is -2.79. The Morgan fingerprint density at radius 1 is 1.00 bits per heavy atom. The van der Waals surface area contributed by atoms with Gasteiger partial charge in [-0.2, -0.15) is 0 Å². The van der Waals surface area contributed by atoms with Gasteiger partial charge in [-0.3, -0.25) is 9.59 Å². The summed E-state index contributed by atoms with van der Waals surface area (Å²) < 4.78 is 10.9. The molecule has 116 valence electrons. The molecule has 2 N–H and O–H groups in total. The van der Waals surface area contributed by atoms with Crippen molar-refractivity contribution in [3.8, 4) is 28.4 Å². The molecule has 0 spiro atoms.